The van der Waals surface area contributed by atoms with Crippen molar-refractivity contribution >= 4 is 30.1 Å². The van der Waals surface area contributed by atoms with Crippen molar-refractivity contribution < 1.29 is 4.79 Å². The van der Waals surface area contributed by atoms with Crippen LogP contribution in [0.25, 0.3) is 0 Å². The first kappa shape index (κ1) is 18.1. The van der Waals surface area contributed by atoms with Gasteiger partial charge in [-0.15, -0.1) is 12.4 Å². The molecule has 0 spiro atoms. The van der Waals surface area contributed by atoms with Crippen molar-refractivity contribution in [3.8, 4) is 0 Å². The number of piperidine rings is 1. The molecular formula is C15H29ClN2OS. The molecule has 3 atom stereocenters. The average Bonchev–Trinajstić information content (AvgIpc) is 2.48. The highest BCUT2D eigenvalue weighted by Gasteiger charge is 2.27. The van der Waals surface area contributed by atoms with Crippen LogP contribution < -0.4 is 5.32 Å². The van der Waals surface area contributed by atoms with Gasteiger partial charge in [0.15, 0.2) is 0 Å². The van der Waals surface area contributed by atoms with Crippen LogP contribution >= 0.6 is 24.2 Å². The number of halogens is 1. The van der Waals surface area contributed by atoms with Crippen molar-refractivity contribution in [2.24, 2.45) is 11.8 Å². The third-order valence-corrected chi connectivity index (χ3v) is 5.96. The van der Waals surface area contributed by atoms with Crippen molar-refractivity contribution in [2.45, 2.75) is 44.8 Å². The Morgan fingerprint density at radius 1 is 1.50 bits per heavy atom. The summed E-state index contributed by atoms with van der Waals surface area (Å²) >= 11 is 2.03. The van der Waals surface area contributed by atoms with Gasteiger partial charge in [-0.25, -0.2) is 0 Å². The van der Waals surface area contributed by atoms with Crippen LogP contribution in [0.3, 0.4) is 0 Å². The molecule has 0 radical (unpaired) electrons. The largest absolute Gasteiger partial charge is 0.341 e. The van der Waals surface area contributed by atoms with Crippen LogP contribution in [0.1, 0.15) is 39.5 Å². The monoisotopic (exact) mass is 320 g/mol. The predicted molar refractivity (Wildman–Crippen MR) is 89.7 cm³/mol. The molecule has 0 aliphatic carbocycles. The molecule has 2 aliphatic heterocycles. The molecule has 2 fully saturated rings. The Hall–Kier alpha value is 0.0700. The lowest BCUT2D eigenvalue weighted by Crippen LogP contribution is -2.43. The summed E-state index contributed by atoms with van der Waals surface area (Å²) in [5, 5.41) is 4.11. The van der Waals surface area contributed by atoms with Gasteiger partial charge in [-0.3, -0.25) is 4.79 Å². The zero-order chi connectivity index (χ0) is 13.7. The molecule has 1 N–H and O–H groups in total. The van der Waals surface area contributed by atoms with E-state index in [4.69, 9.17) is 0 Å². The third kappa shape index (κ3) is 5.12. The lowest BCUT2D eigenvalue weighted by Gasteiger charge is -2.34. The summed E-state index contributed by atoms with van der Waals surface area (Å²) in [6, 6.07) is 0. The van der Waals surface area contributed by atoms with E-state index >= 15 is 0 Å². The third-order valence-electron chi connectivity index (χ3n) is 4.58. The number of rotatable bonds is 4. The quantitative estimate of drug-likeness (QED) is 0.864. The molecule has 0 aromatic rings. The Morgan fingerprint density at radius 3 is 2.95 bits per heavy atom. The summed E-state index contributed by atoms with van der Waals surface area (Å²) in [5.41, 5.74) is 0. The van der Waals surface area contributed by atoms with E-state index in [9.17, 15) is 4.79 Å². The van der Waals surface area contributed by atoms with E-state index in [0.29, 0.717) is 23.0 Å². The van der Waals surface area contributed by atoms with E-state index in [1.54, 1.807) is 0 Å². The van der Waals surface area contributed by atoms with Gasteiger partial charge in [0, 0.05) is 30.5 Å². The number of hydrogen-bond donors (Lipinski definition) is 1. The SMILES string of the molecule is CCC1CN(C(=O)CC(C)C2CCCNC2)CCS1.Cl. The first-order valence-corrected chi connectivity index (χ1v) is 8.85. The number of nitrogens with zero attached hydrogens (tertiary/aromatic N) is 1. The van der Waals surface area contributed by atoms with Crippen LogP contribution in [0.15, 0.2) is 0 Å². The van der Waals surface area contributed by atoms with Crippen LogP contribution in [0.4, 0.5) is 0 Å². The van der Waals surface area contributed by atoms with Crippen molar-refractivity contribution in [3.63, 3.8) is 0 Å². The predicted octanol–water partition coefficient (Wildman–Crippen LogP) is 2.79. The Morgan fingerprint density at radius 2 is 2.30 bits per heavy atom. The minimum atomic E-state index is 0. The molecule has 1 amide bonds. The van der Waals surface area contributed by atoms with Crippen molar-refractivity contribution in [3.05, 3.63) is 0 Å². The first-order valence-electron chi connectivity index (χ1n) is 7.80. The molecule has 3 unspecified atom stereocenters. The van der Waals surface area contributed by atoms with E-state index in [1.807, 2.05) is 11.8 Å². The number of amides is 1. The van der Waals surface area contributed by atoms with Gasteiger partial charge in [0.1, 0.15) is 0 Å². The van der Waals surface area contributed by atoms with Crippen LogP contribution in [0, 0.1) is 11.8 Å². The Balaban J connectivity index is 0.00000200. The van der Waals surface area contributed by atoms with Gasteiger partial charge in [0.2, 0.25) is 5.91 Å². The highest BCUT2D eigenvalue weighted by atomic mass is 35.5. The lowest BCUT2D eigenvalue weighted by atomic mass is 9.85. The zero-order valence-corrected chi connectivity index (χ0v) is 14.4. The molecule has 0 bridgehead atoms. The molecule has 0 saturated carbocycles. The van der Waals surface area contributed by atoms with Crippen molar-refractivity contribution in [1.29, 1.82) is 0 Å². The van der Waals surface area contributed by atoms with Gasteiger partial charge in [-0.1, -0.05) is 13.8 Å². The van der Waals surface area contributed by atoms with Gasteiger partial charge in [-0.05, 0) is 44.2 Å². The topological polar surface area (TPSA) is 32.3 Å². The van der Waals surface area contributed by atoms with Crippen molar-refractivity contribution in [2.75, 3.05) is 31.9 Å². The lowest BCUT2D eigenvalue weighted by molar-refractivity contribution is -0.132. The molecule has 3 nitrogen and oxygen atoms in total. The summed E-state index contributed by atoms with van der Waals surface area (Å²) in [6.07, 6.45) is 4.47. The minimum absolute atomic E-state index is 0. The summed E-state index contributed by atoms with van der Waals surface area (Å²) in [5.74, 6) is 2.72. The molecule has 2 saturated heterocycles. The first-order chi connectivity index (χ1) is 9.20. The maximum Gasteiger partial charge on any atom is 0.222 e. The fraction of sp³-hybridized carbons (Fsp3) is 0.933. The highest BCUT2D eigenvalue weighted by Crippen LogP contribution is 2.25. The van der Waals surface area contributed by atoms with E-state index in [-0.39, 0.29) is 12.4 Å². The van der Waals surface area contributed by atoms with Crippen LogP contribution in [-0.2, 0) is 4.79 Å². The van der Waals surface area contributed by atoms with Gasteiger partial charge >= 0.3 is 0 Å². The second-order valence-corrected chi connectivity index (χ2v) is 7.44. The molecule has 20 heavy (non-hydrogen) atoms. The number of thioether (sulfide) groups is 1. The summed E-state index contributed by atoms with van der Waals surface area (Å²) in [4.78, 5) is 14.5. The fourth-order valence-electron chi connectivity index (χ4n) is 3.13. The zero-order valence-electron chi connectivity index (χ0n) is 12.8. The smallest absolute Gasteiger partial charge is 0.222 e. The standard InChI is InChI=1S/C15H28N2OS.ClH/c1-3-14-11-17(7-8-19-14)15(18)9-12(2)13-5-4-6-16-10-13;/h12-14,16H,3-11H2,1-2H3;1H. The number of carbonyl (C=O) groups is 1. The maximum absolute atomic E-state index is 12.4. The van der Waals surface area contributed by atoms with Crippen LogP contribution in [-0.4, -0.2) is 48.0 Å². The van der Waals surface area contributed by atoms with E-state index in [1.165, 1.54) is 19.3 Å². The molecule has 5 heteroatoms. The van der Waals surface area contributed by atoms with E-state index in [0.717, 1.165) is 38.4 Å². The Bertz CT molecular complexity index is 298. The molecular weight excluding hydrogens is 292 g/mol. The highest BCUT2D eigenvalue weighted by molar-refractivity contribution is 8.00. The second-order valence-electron chi connectivity index (χ2n) is 6.03. The summed E-state index contributed by atoms with van der Waals surface area (Å²) < 4.78 is 0. The van der Waals surface area contributed by atoms with Gasteiger partial charge in [0.05, 0.1) is 0 Å². The molecule has 2 rings (SSSR count). The van der Waals surface area contributed by atoms with Gasteiger partial charge < -0.3 is 10.2 Å². The number of hydrogen-bond acceptors (Lipinski definition) is 3. The van der Waals surface area contributed by atoms with Gasteiger partial charge in [-0.2, -0.15) is 11.8 Å². The summed E-state index contributed by atoms with van der Waals surface area (Å²) in [7, 11) is 0. The Kier molecular flexibility index (Phi) is 8.30. The molecule has 0 aromatic heterocycles. The van der Waals surface area contributed by atoms with Gasteiger partial charge in [0.25, 0.3) is 0 Å². The second kappa shape index (κ2) is 9.16. The fourth-order valence-corrected chi connectivity index (χ4v) is 4.31. The molecule has 2 heterocycles. The average molecular weight is 321 g/mol. The normalized spacial score (nSPS) is 28.6. The van der Waals surface area contributed by atoms with Crippen molar-refractivity contribution in [1.82, 2.24) is 10.2 Å². The Labute approximate surface area is 134 Å². The maximum atomic E-state index is 12.4. The minimum Gasteiger partial charge on any atom is -0.341 e. The number of nitrogens with one attached hydrogen (secondary N) is 1. The molecule has 2 aliphatic rings. The number of carbonyl (C=O) groups excluding carboxylic acids is 1. The van der Waals surface area contributed by atoms with E-state index < -0.39 is 0 Å². The molecule has 118 valence electrons. The molecule has 0 aromatic carbocycles. The van der Waals surface area contributed by atoms with E-state index in [2.05, 4.69) is 24.1 Å². The summed E-state index contributed by atoms with van der Waals surface area (Å²) in [6.45, 7) is 8.65. The van der Waals surface area contributed by atoms with Crippen LogP contribution in [0.5, 0.6) is 0 Å². The van der Waals surface area contributed by atoms with Crippen LogP contribution in [0.2, 0.25) is 0 Å².